The lowest BCUT2D eigenvalue weighted by Gasteiger charge is -2.34. The maximum atomic E-state index is 12.9. The quantitative estimate of drug-likeness (QED) is 0.571. The van der Waals surface area contributed by atoms with Crippen LogP contribution in [-0.4, -0.2) is 65.9 Å². The lowest BCUT2D eigenvalue weighted by Crippen LogP contribution is -2.48. The molecule has 0 radical (unpaired) electrons. The molecule has 1 aliphatic rings. The highest BCUT2D eigenvalue weighted by molar-refractivity contribution is 8.00. The van der Waals surface area contributed by atoms with Gasteiger partial charge in [-0.05, 0) is 37.6 Å². The molecule has 25 heavy (non-hydrogen) atoms. The Morgan fingerprint density at radius 2 is 2.20 bits per heavy atom. The summed E-state index contributed by atoms with van der Waals surface area (Å²) in [4.78, 5) is 6.83. The van der Waals surface area contributed by atoms with Crippen molar-refractivity contribution in [2.45, 2.75) is 31.6 Å². The van der Waals surface area contributed by atoms with Crippen molar-refractivity contribution >= 4 is 17.7 Å². The minimum Gasteiger partial charge on any atom is -0.491 e. The molecule has 1 fully saturated rings. The Balaban J connectivity index is 1.85. The molecule has 1 aromatic rings. The van der Waals surface area contributed by atoms with Crippen molar-refractivity contribution in [3.8, 4) is 5.75 Å². The molecular formula is C18H28FN3O2S. The Hall–Kier alpha value is -1.47. The fourth-order valence-electron chi connectivity index (χ4n) is 2.55. The van der Waals surface area contributed by atoms with E-state index in [1.165, 1.54) is 12.1 Å². The third kappa shape index (κ3) is 6.74. The van der Waals surface area contributed by atoms with Gasteiger partial charge in [-0.2, -0.15) is 11.8 Å². The average Bonchev–Trinajstić information content (AvgIpc) is 2.64. The number of thioether (sulfide) groups is 1. The van der Waals surface area contributed by atoms with Gasteiger partial charge in [-0.25, -0.2) is 4.39 Å². The second kappa shape index (κ2) is 10.5. The van der Waals surface area contributed by atoms with Crippen LogP contribution in [0.4, 0.5) is 4.39 Å². The summed E-state index contributed by atoms with van der Waals surface area (Å²) in [6.07, 6.45) is 0.439. The molecule has 1 aliphatic heterocycles. The molecule has 0 aliphatic carbocycles. The number of hydrogen-bond donors (Lipinski definition) is 2. The van der Waals surface area contributed by atoms with Gasteiger partial charge in [0.15, 0.2) is 5.96 Å². The fourth-order valence-corrected chi connectivity index (χ4v) is 3.73. The lowest BCUT2D eigenvalue weighted by atomic mass is 10.3. The first-order valence-corrected chi connectivity index (χ1v) is 9.88. The fraction of sp³-hybridized carbons (Fsp3) is 0.611. The third-order valence-electron chi connectivity index (χ3n) is 3.94. The zero-order valence-electron chi connectivity index (χ0n) is 14.9. The predicted octanol–water partition coefficient (Wildman–Crippen LogP) is 2.36. The van der Waals surface area contributed by atoms with Crippen LogP contribution in [0.3, 0.4) is 0 Å². The maximum absolute atomic E-state index is 12.9. The van der Waals surface area contributed by atoms with E-state index >= 15 is 0 Å². The van der Waals surface area contributed by atoms with Gasteiger partial charge in [0.2, 0.25) is 0 Å². The van der Waals surface area contributed by atoms with Crippen LogP contribution in [0, 0.1) is 5.82 Å². The molecule has 7 heteroatoms. The highest BCUT2D eigenvalue weighted by atomic mass is 32.2. The first kappa shape index (κ1) is 19.8. The highest BCUT2D eigenvalue weighted by Gasteiger charge is 2.21. The van der Waals surface area contributed by atoms with E-state index in [1.54, 1.807) is 12.1 Å². The zero-order chi connectivity index (χ0) is 18.1. The molecule has 2 rings (SSSR count). The average molecular weight is 370 g/mol. The lowest BCUT2D eigenvalue weighted by molar-refractivity contribution is 0.114. The number of guanidine groups is 1. The molecular weight excluding hydrogens is 341 g/mol. The number of ether oxygens (including phenoxy) is 1. The molecule has 1 aromatic carbocycles. The Labute approximate surface area is 153 Å². The maximum Gasteiger partial charge on any atom is 0.194 e. The number of nitrogens with one attached hydrogen (secondary N) is 1. The van der Waals surface area contributed by atoms with E-state index in [0.29, 0.717) is 11.0 Å². The summed E-state index contributed by atoms with van der Waals surface area (Å²) in [6.45, 7) is 7.39. The van der Waals surface area contributed by atoms with Crippen LogP contribution in [0.5, 0.6) is 5.75 Å². The van der Waals surface area contributed by atoms with Crippen LogP contribution >= 0.6 is 11.8 Å². The summed E-state index contributed by atoms with van der Waals surface area (Å²) in [7, 11) is 0. The van der Waals surface area contributed by atoms with Crippen molar-refractivity contribution < 1.29 is 14.2 Å². The number of nitrogens with zero attached hydrogens (tertiary/aromatic N) is 2. The Morgan fingerprint density at radius 1 is 1.44 bits per heavy atom. The standard InChI is InChI=1S/C18H28FN3O2S/c1-3-17-12-22(9-10-25-17)18(20-4-2)21-11-15(23)13-24-16-7-5-14(19)6-8-16/h5-8,15,17,23H,3-4,9-13H2,1-2H3,(H,20,21). The number of aliphatic hydroxyl groups is 1. The van der Waals surface area contributed by atoms with E-state index in [9.17, 15) is 9.50 Å². The summed E-state index contributed by atoms with van der Waals surface area (Å²) in [5.41, 5.74) is 0. The second-order valence-corrected chi connectivity index (χ2v) is 7.37. The zero-order valence-corrected chi connectivity index (χ0v) is 15.8. The van der Waals surface area contributed by atoms with Crippen molar-refractivity contribution in [3.63, 3.8) is 0 Å². The smallest absolute Gasteiger partial charge is 0.194 e. The number of aliphatic hydroxyl groups excluding tert-OH is 1. The number of benzene rings is 1. The molecule has 0 saturated carbocycles. The van der Waals surface area contributed by atoms with E-state index in [0.717, 1.165) is 37.8 Å². The Morgan fingerprint density at radius 3 is 2.88 bits per heavy atom. The van der Waals surface area contributed by atoms with E-state index in [1.807, 2.05) is 18.7 Å². The number of hydrogen-bond acceptors (Lipinski definition) is 4. The molecule has 5 nitrogen and oxygen atoms in total. The monoisotopic (exact) mass is 369 g/mol. The Kier molecular flexibility index (Phi) is 8.34. The molecule has 2 N–H and O–H groups in total. The first-order chi connectivity index (χ1) is 12.1. The van der Waals surface area contributed by atoms with Gasteiger partial charge in [-0.15, -0.1) is 0 Å². The third-order valence-corrected chi connectivity index (χ3v) is 5.31. The van der Waals surface area contributed by atoms with Gasteiger partial charge in [0, 0.05) is 30.6 Å². The van der Waals surface area contributed by atoms with Crippen molar-refractivity contribution in [2.75, 3.05) is 38.5 Å². The minimum atomic E-state index is -0.708. The van der Waals surface area contributed by atoms with E-state index < -0.39 is 6.10 Å². The van der Waals surface area contributed by atoms with Gasteiger partial charge in [-0.3, -0.25) is 4.99 Å². The normalized spacial score (nSPS) is 19.6. The van der Waals surface area contributed by atoms with Crippen LogP contribution in [0.2, 0.25) is 0 Å². The second-order valence-electron chi connectivity index (χ2n) is 5.96. The summed E-state index contributed by atoms with van der Waals surface area (Å²) in [5, 5.41) is 14.1. The van der Waals surface area contributed by atoms with Crippen molar-refractivity contribution in [1.29, 1.82) is 0 Å². The molecule has 140 valence electrons. The van der Waals surface area contributed by atoms with Gasteiger partial charge in [-0.1, -0.05) is 6.92 Å². The highest BCUT2D eigenvalue weighted by Crippen LogP contribution is 2.21. The summed E-state index contributed by atoms with van der Waals surface area (Å²) < 4.78 is 18.3. The number of aliphatic imine (C=N–C) groups is 1. The molecule has 0 aromatic heterocycles. The van der Waals surface area contributed by atoms with Crippen molar-refractivity contribution in [3.05, 3.63) is 30.1 Å². The van der Waals surface area contributed by atoms with Crippen LogP contribution in [0.1, 0.15) is 20.3 Å². The summed E-state index contributed by atoms with van der Waals surface area (Å²) in [5.74, 6) is 2.18. The van der Waals surface area contributed by atoms with E-state index in [2.05, 4.69) is 22.1 Å². The minimum absolute atomic E-state index is 0.127. The number of halogens is 1. The van der Waals surface area contributed by atoms with Gasteiger partial charge in [0.1, 0.15) is 24.3 Å². The SMILES string of the molecule is CCNC(=NCC(O)COc1ccc(F)cc1)N1CCSC(CC)C1. The van der Waals surface area contributed by atoms with Crippen LogP contribution < -0.4 is 10.1 Å². The molecule has 1 heterocycles. The Bertz CT molecular complexity index is 542. The molecule has 2 atom stereocenters. The molecule has 0 bridgehead atoms. The summed E-state index contributed by atoms with van der Waals surface area (Å²) >= 11 is 2.01. The van der Waals surface area contributed by atoms with E-state index in [4.69, 9.17) is 4.74 Å². The van der Waals surface area contributed by atoms with Gasteiger partial charge in [0.05, 0.1) is 6.54 Å². The van der Waals surface area contributed by atoms with Crippen molar-refractivity contribution in [1.82, 2.24) is 10.2 Å². The molecule has 2 unspecified atom stereocenters. The topological polar surface area (TPSA) is 57.1 Å². The van der Waals surface area contributed by atoms with Crippen LogP contribution in [0.15, 0.2) is 29.3 Å². The van der Waals surface area contributed by atoms with Gasteiger partial charge >= 0.3 is 0 Å². The van der Waals surface area contributed by atoms with Gasteiger partial charge in [0.25, 0.3) is 0 Å². The summed E-state index contributed by atoms with van der Waals surface area (Å²) in [6, 6.07) is 5.76. The van der Waals surface area contributed by atoms with Gasteiger partial charge < -0.3 is 20.1 Å². The van der Waals surface area contributed by atoms with E-state index in [-0.39, 0.29) is 19.0 Å². The largest absolute Gasteiger partial charge is 0.491 e. The first-order valence-electron chi connectivity index (χ1n) is 8.83. The predicted molar refractivity (Wildman–Crippen MR) is 102 cm³/mol. The van der Waals surface area contributed by atoms with Crippen molar-refractivity contribution in [2.24, 2.45) is 4.99 Å². The molecule has 0 spiro atoms. The van der Waals surface area contributed by atoms with Crippen LogP contribution in [-0.2, 0) is 0 Å². The molecule has 0 amide bonds. The molecule has 1 saturated heterocycles. The number of rotatable bonds is 7. The van der Waals surface area contributed by atoms with Crippen LogP contribution in [0.25, 0.3) is 0 Å².